The second-order valence-electron chi connectivity index (χ2n) is 7.36. The second-order valence-corrected chi connectivity index (χ2v) is 7.36. The maximum absolute atomic E-state index is 4.60. The standard InChI is InChI=1S/C23H27N5/c1-17-7-6-8-21(18(17)2)26-23-24-14-13-22(27-23)25-19-9-11-20(12-10-19)28-15-4-3-5-16-28/h6-14H,3-5,15-16H2,1-2H3,(H2,24,25,26,27). The lowest BCUT2D eigenvalue weighted by Crippen LogP contribution is -2.29. The summed E-state index contributed by atoms with van der Waals surface area (Å²) in [5.74, 6) is 1.36. The molecule has 0 atom stereocenters. The highest BCUT2D eigenvalue weighted by Gasteiger charge is 2.10. The molecule has 1 fully saturated rings. The Kier molecular flexibility index (Phi) is 5.42. The highest BCUT2D eigenvalue weighted by atomic mass is 15.1. The Bertz CT molecular complexity index is 930. The van der Waals surface area contributed by atoms with Crippen LogP contribution in [0.1, 0.15) is 30.4 Å². The average Bonchev–Trinajstić information content (AvgIpc) is 2.73. The Morgan fingerprint density at radius 3 is 2.43 bits per heavy atom. The van der Waals surface area contributed by atoms with Crippen molar-refractivity contribution in [2.75, 3.05) is 28.6 Å². The third-order valence-corrected chi connectivity index (χ3v) is 5.37. The zero-order chi connectivity index (χ0) is 19.3. The summed E-state index contributed by atoms with van der Waals surface area (Å²) >= 11 is 0. The largest absolute Gasteiger partial charge is 0.372 e. The molecule has 144 valence electrons. The van der Waals surface area contributed by atoms with Gasteiger partial charge in [0.2, 0.25) is 5.95 Å². The van der Waals surface area contributed by atoms with E-state index < -0.39 is 0 Å². The SMILES string of the molecule is Cc1cccc(Nc2nccc(Nc3ccc(N4CCCCC4)cc3)n2)c1C. The third kappa shape index (κ3) is 4.25. The number of aryl methyl sites for hydroxylation is 1. The van der Waals surface area contributed by atoms with E-state index in [2.05, 4.69) is 69.7 Å². The fraction of sp³-hybridized carbons (Fsp3) is 0.304. The lowest BCUT2D eigenvalue weighted by Gasteiger charge is -2.28. The lowest BCUT2D eigenvalue weighted by atomic mass is 10.1. The quantitative estimate of drug-likeness (QED) is 0.612. The van der Waals surface area contributed by atoms with E-state index in [1.807, 2.05) is 18.2 Å². The van der Waals surface area contributed by atoms with Crippen LogP contribution >= 0.6 is 0 Å². The van der Waals surface area contributed by atoms with Crippen LogP contribution in [0.3, 0.4) is 0 Å². The first-order valence-corrected chi connectivity index (χ1v) is 9.97. The minimum Gasteiger partial charge on any atom is -0.372 e. The van der Waals surface area contributed by atoms with Gasteiger partial charge in [-0.15, -0.1) is 0 Å². The molecule has 0 saturated carbocycles. The molecule has 3 aromatic rings. The van der Waals surface area contributed by atoms with E-state index in [0.29, 0.717) is 5.95 Å². The molecule has 2 heterocycles. The third-order valence-electron chi connectivity index (χ3n) is 5.37. The molecule has 28 heavy (non-hydrogen) atoms. The van der Waals surface area contributed by atoms with Crippen molar-refractivity contribution in [1.29, 1.82) is 0 Å². The van der Waals surface area contributed by atoms with Crippen molar-refractivity contribution in [2.45, 2.75) is 33.1 Å². The molecule has 5 nitrogen and oxygen atoms in total. The van der Waals surface area contributed by atoms with Crippen molar-refractivity contribution < 1.29 is 0 Å². The number of piperidine rings is 1. The number of hydrogen-bond acceptors (Lipinski definition) is 5. The first-order valence-electron chi connectivity index (χ1n) is 9.97. The molecule has 1 aromatic heterocycles. The minimum atomic E-state index is 0.587. The molecule has 0 bridgehead atoms. The van der Waals surface area contributed by atoms with Gasteiger partial charge >= 0.3 is 0 Å². The van der Waals surface area contributed by atoms with E-state index in [1.54, 1.807) is 6.20 Å². The Morgan fingerprint density at radius 1 is 0.857 bits per heavy atom. The Balaban J connectivity index is 1.45. The molecule has 0 spiro atoms. The van der Waals surface area contributed by atoms with E-state index in [-0.39, 0.29) is 0 Å². The van der Waals surface area contributed by atoms with Gasteiger partial charge in [-0.1, -0.05) is 12.1 Å². The number of benzene rings is 2. The Labute approximate surface area is 166 Å². The summed E-state index contributed by atoms with van der Waals surface area (Å²) in [4.78, 5) is 11.4. The van der Waals surface area contributed by atoms with Crippen molar-refractivity contribution in [3.05, 3.63) is 65.9 Å². The van der Waals surface area contributed by atoms with E-state index in [9.17, 15) is 0 Å². The lowest BCUT2D eigenvalue weighted by molar-refractivity contribution is 0.578. The van der Waals surface area contributed by atoms with Crippen molar-refractivity contribution in [1.82, 2.24) is 9.97 Å². The number of nitrogens with zero attached hydrogens (tertiary/aromatic N) is 3. The number of rotatable bonds is 5. The zero-order valence-corrected chi connectivity index (χ0v) is 16.6. The van der Waals surface area contributed by atoms with Gasteiger partial charge in [0, 0.05) is 36.3 Å². The van der Waals surface area contributed by atoms with Crippen LogP contribution in [0.25, 0.3) is 0 Å². The normalized spacial score (nSPS) is 14.0. The molecular formula is C23H27N5. The monoisotopic (exact) mass is 373 g/mol. The summed E-state index contributed by atoms with van der Waals surface area (Å²) in [6, 6.07) is 16.7. The summed E-state index contributed by atoms with van der Waals surface area (Å²) in [7, 11) is 0. The fourth-order valence-electron chi connectivity index (χ4n) is 3.55. The van der Waals surface area contributed by atoms with Crippen LogP contribution in [-0.4, -0.2) is 23.1 Å². The van der Waals surface area contributed by atoms with Gasteiger partial charge < -0.3 is 15.5 Å². The molecule has 2 aromatic carbocycles. The summed E-state index contributed by atoms with van der Waals surface area (Å²) in [5.41, 5.74) is 5.80. The minimum absolute atomic E-state index is 0.587. The number of nitrogens with one attached hydrogen (secondary N) is 2. The number of hydrogen-bond donors (Lipinski definition) is 2. The molecule has 1 saturated heterocycles. The molecule has 1 aliphatic rings. The molecule has 2 N–H and O–H groups in total. The molecule has 0 amide bonds. The zero-order valence-electron chi connectivity index (χ0n) is 16.6. The highest BCUT2D eigenvalue weighted by Crippen LogP contribution is 2.24. The van der Waals surface area contributed by atoms with Gasteiger partial charge in [-0.05, 0) is 80.6 Å². The number of anilines is 5. The van der Waals surface area contributed by atoms with Gasteiger partial charge in [-0.3, -0.25) is 0 Å². The van der Waals surface area contributed by atoms with Gasteiger partial charge in [0.25, 0.3) is 0 Å². The molecule has 0 radical (unpaired) electrons. The van der Waals surface area contributed by atoms with Crippen molar-refractivity contribution in [2.24, 2.45) is 0 Å². The van der Waals surface area contributed by atoms with Crippen molar-refractivity contribution in [3.8, 4) is 0 Å². The Hall–Kier alpha value is -3.08. The molecule has 0 aliphatic carbocycles. The first-order chi connectivity index (χ1) is 13.7. The van der Waals surface area contributed by atoms with Crippen LogP contribution in [-0.2, 0) is 0 Å². The van der Waals surface area contributed by atoms with E-state index >= 15 is 0 Å². The van der Waals surface area contributed by atoms with E-state index in [1.165, 1.54) is 36.1 Å². The van der Waals surface area contributed by atoms with Gasteiger partial charge in [0.1, 0.15) is 5.82 Å². The molecule has 1 aliphatic heterocycles. The highest BCUT2D eigenvalue weighted by molar-refractivity contribution is 5.64. The molecular weight excluding hydrogens is 346 g/mol. The van der Waals surface area contributed by atoms with Crippen LogP contribution in [0.5, 0.6) is 0 Å². The topological polar surface area (TPSA) is 53.1 Å². The summed E-state index contributed by atoms with van der Waals surface area (Å²) in [6.07, 6.45) is 5.70. The second kappa shape index (κ2) is 8.30. The van der Waals surface area contributed by atoms with Crippen molar-refractivity contribution in [3.63, 3.8) is 0 Å². The first kappa shape index (κ1) is 18.3. The van der Waals surface area contributed by atoms with E-state index in [0.717, 1.165) is 30.3 Å². The van der Waals surface area contributed by atoms with Crippen LogP contribution in [0.15, 0.2) is 54.7 Å². The summed E-state index contributed by atoms with van der Waals surface area (Å²) in [5, 5.41) is 6.70. The smallest absolute Gasteiger partial charge is 0.229 e. The fourth-order valence-corrected chi connectivity index (χ4v) is 3.55. The number of aromatic nitrogens is 2. The van der Waals surface area contributed by atoms with Gasteiger partial charge in [0.15, 0.2) is 0 Å². The van der Waals surface area contributed by atoms with Crippen LogP contribution in [0.2, 0.25) is 0 Å². The summed E-state index contributed by atoms with van der Waals surface area (Å²) in [6.45, 7) is 6.52. The predicted molar refractivity (Wildman–Crippen MR) is 117 cm³/mol. The maximum Gasteiger partial charge on any atom is 0.229 e. The van der Waals surface area contributed by atoms with Gasteiger partial charge in [0.05, 0.1) is 0 Å². The molecule has 0 unspecified atom stereocenters. The maximum atomic E-state index is 4.60. The Morgan fingerprint density at radius 2 is 1.64 bits per heavy atom. The molecule has 4 rings (SSSR count). The van der Waals surface area contributed by atoms with Gasteiger partial charge in [-0.2, -0.15) is 4.98 Å². The molecule has 5 heteroatoms. The van der Waals surface area contributed by atoms with E-state index in [4.69, 9.17) is 0 Å². The average molecular weight is 374 g/mol. The summed E-state index contributed by atoms with van der Waals surface area (Å²) < 4.78 is 0. The van der Waals surface area contributed by atoms with Crippen LogP contribution in [0.4, 0.5) is 28.8 Å². The van der Waals surface area contributed by atoms with Crippen LogP contribution < -0.4 is 15.5 Å². The predicted octanol–water partition coefficient (Wildman–Crippen LogP) is 5.57. The van der Waals surface area contributed by atoms with Crippen LogP contribution in [0, 0.1) is 13.8 Å². The van der Waals surface area contributed by atoms with Crippen molar-refractivity contribution >= 4 is 28.8 Å². The van der Waals surface area contributed by atoms with Gasteiger partial charge in [-0.25, -0.2) is 4.98 Å².